The van der Waals surface area contributed by atoms with E-state index in [0.717, 1.165) is 25.7 Å². The van der Waals surface area contributed by atoms with Crippen LogP contribution in [-0.2, 0) is 11.4 Å². The van der Waals surface area contributed by atoms with Crippen molar-refractivity contribution in [3.63, 3.8) is 0 Å². The van der Waals surface area contributed by atoms with Gasteiger partial charge in [-0.25, -0.2) is 0 Å². The molecule has 1 unspecified atom stereocenters. The van der Waals surface area contributed by atoms with Crippen LogP contribution in [0, 0.1) is 0 Å². The Kier molecular flexibility index (Phi) is 4.20. The van der Waals surface area contributed by atoms with Crippen LogP contribution in [0.25, 0.3) is 0 Å². The summed E-state index contributed by atoms with van der Waals surface area (Å²) < 4.78 is 15.3. The fourth-order valence-corrected chi connectivity index (χ4v) is 2.20. The van der Waals surface area contributed by atoms with E-state index in [9.17, 15) is 9.66 Å². The first-order valence-corrected chi connectivity index (χ1v) is 6.61. The van der Waals surface area contributed by atoms with Gasteiger partial charge >= 0.3 is 0 Å². The Bertz CT molecular complexity index is 229. The summed E-state index contributed by atoms with van der Waals surface area (Å²) in [5.74, 6) is 0. The highest BCUT2D eigenvalue weighted by molar-refractivity contribution is 7.91. The van der Waals surface area contributed by atoms with Crippen molar-refractivity contribution in [2.24, 2.45) is 4.40 Å². The van der Waals surface area contributed by atoms with Gasteiger partial charge in [0.05, 0.1) is 11.8 Å². The largest absolute Gasteiger partial charge is 0.591 e. The third kappa shape index (κ3) is 4.13. The zero-order chi connectivity index (χ0) is 11.5. The molecule has 1 N–H and O–H groups in total. The third-order valence-corrected chi connectivity index (χ3v) is 4.09. The lowest BCUT2D eigenvalue weighted by Gasteiger charge is -2.20. The molecule has 1 aliphatic rings. The predicted octanol–water partition coefficient (Wildman–Crippen LogP) is 2.21. The average molecular weight is 231 g/mol. The van der Waals surface area contributed by atoms with Crippen molar-refractivity contribution in [1.82, 2.24) is 0 Å². The first-order valence-electron chi connectivity index (χ1n) is 5.50. The first kappa shape index (κ1) is 13.0. The Morgan fingerprint density at radius 3 is 2.40 bits per heavy atom. The van der Waals surface area contributed by atoms with Gasteiger partial charge in [0.1, 0.15) is 16.1 Å². The molecule has 0 saturated heterocycles. The Labute approximate surface area is 95.3 Å². The summed E-state index contributed by atoms with van der Waals surface area (Å²) >= 11 is -1.20. The van der Waals surface area contributed by atoms with E-state index in [1.54, 1.807) is 6.21 Å². The molecular formula is C11H21NO2S. The molecule has 0 aromatic heterocycles. The summed E-state index contributed by atoms with van der Waals surface area (Å²) in [6.45, 7) is 5.68. The Balaban J connectivity index is 2.39. The maximum absolute atomic E-state index is 11.6. The van der Waals surface area contributed by atoms with Crippen molar-refractivity contribution in [2.45, 2.75) is 63.2 Å². The molecule has 1 atom stereocenters. The third-order valence-electron chi connectivity index (χ3n) is 2.70. The van der Waals surface area contributed by atoms with Crippen LogP contribution in [0.4, 0.5) is 0 Å². The predicted molar refractivity (Wildman–Crippen MR) is 64.4 cm³/mol. The minimum atomic E-state index is -1.20. The first-order chi connectivity index (χ1) is 6.83. The van der Waals surface area contributed by atoms with Crippen LogP contribution in [0.15, 0.2) is 4.40 Å². The van der Waals surface area contributed by atoms with E-state index < -0.39 is 17.0 Å². The minimum Gasteiger partial charge on any atom is -0.591 e. The monoisotopic (exact) mass is 231 g/mol. The van der Waals surface area contributed by atoms with E-state index in [0.29, 0.717) is 6.42 Å². The highest BCUT2D eigenvalue weighted by Gasteiger charge is 2.31. The normalized spacial score (nSPS) is 23.5. The molecule has 0 aliphatic heterocycles. The number of hydrogen-bond acceptors (Lipinski definition) is 3. The molecule has 1 saturated carbocycles. The summed E-state index contributed by atoms with van der Waals surface area (Å²) in [6.07, 6.45) is 6.04. The SMILES string of the molecule is CC(C)(C)[S+]([O-])N=CCC1(O)CCCC1. The van der Waals surface area contributed by atoms with E-state index in [2.05, 4.69) is 4.40 Å². The highest BCUT2D eigenvalue weighted by atomic mass is 32.2. The van der Waals surface area contributed by atoms with Crippen LogP contribution in [0.2, 0.25) is 0 Å². The molecule has 0 aromatic rings. The maximum Gasteiger partial charge on any atom is 0.144 e. The van der Waals surface area contributed by atoms with E-state index >= 15 is 0 Å². The Hall–Kier alpha value is -0.0600. The molecule has 0 bridgehead atoms. The van der Waals surface area contributed by atoms with Crippen molar-refractivity contribution in [3.05, 3.63) is 0 Å². The second kappa shape index (κ2) is 4.85. The van der Waals surface area contributed by atoms with Gasteiger partial charge in [-0.05, 0) is 33.6 Å². The van der Waals surface area contributed by atoms with Crippen molar-refractivity contribution in [2.75, 3.05) is 0 Å². The second-order valence-electron chi connectivity index (χ2n) is 5.29. The van der Waals surface area contributed by atoms with Gasteiger partial charge in [-0.1, -0.05) is 17.2 Å². The zero-order valence-corrected chi connectivity index (χ0v) is 10.6. The standard InChI is InChI=1S/C11H21NO2S/c1-10(2,3)15(14)12-9-8-11(13)6-4-5-7-11/h9,13H,4-8H2,1-3H3. The Morgan fingerprint density at radius 1 is 1.40 bits per heavy atom. The molecule has 0 amide bonds. The van der Waals surface area contributed by atoms with Gasteiger partial charge in [-0.15, -0.1) is 0 Å². The van der Waals surface area contributed by atoms with Crippen LogP contribution in [0.3, 0.4) is 0 Å². The topological polar surface area (TPSA) is 55.7 Å². The molecule has 0 heterocycles. The molecule has 1 aliphatic carbocycles. The Morgan fingerprint density at radius 2 is 1.93 bits per heavy atom. The van der Waals surface area contributed by atoms with Crippen LogP contribution in [0.1, 0.15) is 52.9 Å². The van der Waals surface area contributed by atoms with Crippen LogP contribution >= 0.6 is 0 Å². The zero-order valence-electron chi connectivity index (χ0n) is 9.82. The summed E-state index contributed by atoms with van der Waals surface area (Å²) in [4.78, 5) is 0. The van der Waals surface area contributed by atoms with E-state index in [-0.39, 0.29) is 4.75 Å². The summed E-state index contributed by atoms with van der Waals surface area (Å²) in [5, 5.41) is 10.0. The van der Waals surface area contributed by atoms with Crippen LogP contribution < -0.4 is 0 Å². The molecule has 0 radical (unpaired) electrons. The van der Waals surface area contributed by atoms with Crippen LogP contribution in [0.5, 0.6) is 0 Å². The summed E-state index contributed by atoms with van der Waals surface area (Å²) in [7, 11) is 0. The molecule has 1 rings (SSSR count). The highest BCUT2D eigenvalue weighted by Crippen LogP contribution is 2.31. The molecule has 3 nitrogen and oxygen atoms in total. The van der Waals surface area contributed by atoms with Gasteiger partial charge < -0.3 is 9.66 Å². The summed E-state index contributed by atoms with van der Waals surface area (Å²) in [5.41, 5.74) is -0.578. The number of hydrogen-bond donors (Lipinski definition) is 1. The number of nitrogens with zero attached hydrogens (tertiary/aromatic N) is 1. The van der Waals surface area contributed by atoms with Gasteiger partial charge in [0.2, 0.25) is 0 Å². The molecule has 0 aromatic carbocycles. The van der Waals surface area contributed by atoms with Gasteiger partial charge in [-0.3, -0.25) is 0 Å². The molecule has 0 spiro atoms. The van der Waals surface area contributed by atoms with Crippen molar-refractivity contribution in [1.29, 1.82) is 0 Å². The lowest BCUT2D eigenvalue weighted by molar-refractivity contribution is 0.0566. The lowest BCUT2D eigenvalue weighted by atomic mass is 9.99. The quantitative estimate of drug-likeness (QED) is 0.598. The van der Waals surface area contributed by atoms with Gasteiger partial charge in [0.15, 0.2) is 0 Å². The van der Waals surface area contributed by atoms with E-state index in [4.69, 9.17) is 0 Å². The molecule has 15 heavy (non-hydrogen) atoms. The van der Waals surface area contributed by atoms with Crippen molar-refractivity contribution in [3.8, 4) is 0 Å². The molecule has 88 valence electrons. The maximum atomic E-state index is 11.6. The van der Waals surface area contributed by atoms with Crippen molar-refractivity contribution >= 4 is 17.6 Å². The second-order valence-corrected chi connectivity index (χ2v) is 7.22. The molecule has 1 fully saturated rings. The van der Waals surface area contributed by atoms with E-state index in [1.807, 2.05) is 20.8 Å². The van der Waals surface area contributed by atoms with Crippen LogP contribution in [-0.4, -0.2) is 26.2 Å². The van der Waals surface area contributed by atoms with Gasteiger partial charge in [0, 0.05) is 6.42 Å². The number of aliphatic hydroxyl groups is 1. The fraction of sp³-hybridized carbons (Fsp3) is 0.909. The van der Waals surface area contributed by atoms with Gasteiger partial charge in [0.25, 0.3) is 0 Å². The minimum absolute atomic E-state index is 0.311. The average Bonchev–Trinajstić information content (AvgIpc) is 2.50. The van der Waals surface area contributed by atoms with Crippen molar-refractivity contribution < 1.29 is 9.66 Å². The van der Waals surface area contributed by atoms with Gasteiger partial charge in [-0.2, -0.15) is 0 Å². The van der Waals surface area contributed by atoms with E-state index in [1.165, 1.54) is 0 Å². The lowest BCUT2D eigenvalue weighted by Crippen LogP contribution is -2.27. The molecule has 4 heteroatoms. The fourth-order valence-electron chi connectivity index (χ4n) is 1.67. The number of rotatable bonds is 3. The molecular weight excluding hydrogens is 210 g/mol. The smallest absolute Gasteiger partial charge is 0.144 e. The summed E-state index contributed by atoms with van der Waals surface area (Å²) in [6, 6.07) is 0.